The van der Waals surface area contributed by atoms with Gasteiger partial charge in [-0.15, -0.1) is 0 Å². The van der Waals surface area contributed by atoms with Gasteiger partial charge in [-0.05, 0) is 84.8 Å². The van der Waals surface area contributed by atoms with Crippen molar-refractivity contribution in [3.05, 3.63) is 143 Å². The lowest BCUT2D eigenvalue weighted by Crippen LogP contribution is -2.25. The number of carbonyl (C=O) groups is 1. The molecule has 2 N–H and O–H groups in total. The number of nitrogens with zero attached hydrogens (tertiary/aromatic N) is 3. The van der Waals surface area contributed by atoms with E-state index in [2.05, 4.69) is 75.2 Å². The molecule has 0 aliphatic heterocycles. The maximum absolute atomic E-state index is 13.5. The maximum atomic E-state index is 13.5. The van der Waals surface area contributed by atoms with Gasteiger partial charge in [0.25, 0.3) is 5.91 Å². The molecule has 1 fully saturated rings. The lowest BCUT2D eigenvalue weighted by molar-refractivity contribution is 0.101. The van der Waals surface area contributed by atoms with E-state index in [4.69, 9.17) is 6.57 Å². The fourth-order valence-corrected chi connectivity index (χ4v) is 5.08. The summed E-state index contributed by atoms with van der Waals surface area (Å²) in [6.45, 7) is 10.1. The number of hydrogen-bond donors (Lipinski definition) is 2. The fourth-order valence-electron chi connectivity index (χ4n) is 5.08. The van der Waals surface area contributed by atoms with Gasteiger partial charge in [0, 0.05) is 5.69 Å². The molecule has 6 heteroatoms. The number of rotatable bonds is 9. The number of amides is 1. The average Bonchev–Trinajstić information content (AvgIpc) is 3.76. The molecule has 1 unspecified atom stereocenters. The van der Waals surface area contributed by atoms with E-state index in [9.17, 15) is 4.79 Å². The first kappa shape index (κ1) is 26.2. The molecule has 5 aromatic rings. The summed E-state index contributed by atoms with van der Waals surface area (Å²) in [7, 11) is 0. The van der Waals surface area contributed by atoms with Gasteiger partial charge in [-0.3, -0.25) is 4.79 Å². The number of carbonyl (C=O) groups excluding carboxylic acids is 1. The second kappa shape index (κ2) is 11.6. The highest BCUT2D eigenvalue weighted by Gasteiger charge is 2.24. The minimum Gasteiger partial charge on any atom is -0.321 e. The van der Waals surface area contributed by atoms with E-state index < -0.39 is 0 Å². The first-order chi connectivity index (χ1) is 20.1. The van der Waals surface area contributed by atoms with Gasteiger partial charge in [-0.25, -0.2) is 9.53 Å². The molecule has 4 aromatic carbocycles. The molecular weight excluding hydrogens is 506 g/mol. The first-order valence-electron chi connectivity index (χ1n) is 13.9. The normalized spacial score (nSPS) is 13.4. The Balaban J connectivity index is 1.26. The van der Waals surface area contributed by atoms with Gasteiger partial charge in [-0.2, -0.15) is 5.10 Å². The summed E-state index contributed by atoms with van der Waals surface area (Å²) in [5.41, 5.74) is 7.67. The highest BCUT2D eigenvalue weighted by atomic mass is 16.2. The number of hydrogen-bond acceptors (Lipinski definition) is 3. The van der Waals surface area contributed by atoms with Crippen molar-refractivity contribution in [3.63, 3.8) is 0 Å². The zero-order valence-corrected chi connectivity index (χ0v) is 22.9. The van der Waals surface area contributed by atoms with Crippen LogP contribution in [0.1, 0.15) is 46.2 Å². The zero-order chi connectivity index (χ0) is 28.2. The van der Waals surface area contributed by atoms with E-state index in [1.807, 2.05) is 37.3 Å². The van der Waals surface area contributed by atoms with Crippen LogP contribution in [-0.2, 0) is 0 Å². The van der Waals surface area contributed by atoms with Crippen LogP contribution in [0.2, 0.25) is 0 Å². The van der Waals surface area contributed by atoms with Crippen LogP contribution in [0.3, 0.4) is 0 Å². The number of aryl methyl sites for hydroxylation is 1. The predicted molar refractivity (Wildman–Crippen MR) is 163 cm³/mol. The Morgan fingerprint density at radius 3 is 2.41 bits per heavy atom. The van der Waals surface area contributed by atoms with Crippen molar-refractivity contribution >= 4 is 17.3 Å². The van der Waals surface area contributed by atoms with E-state index in [1.165, 1.54) is 29.5 Å². The molecule has 1 amide bonds. The van der Waals surface area contributed by atoms with Gasteiger partial charge in [0.15, 0.2) is 5.69 Å². The lowest BCUT2D eigenvalue weighted by atomic mass is 9.95. The van der Waals surface area contributed by atoms with Crippen molar-refractivity contribution in [3.8, 4) is 16.8 Å². The molecule has 1 aliphatic carbocycles. The number of nitrogens with one attached hydrogen (secondary N) is 2. The predicted octanol–water partition coefficient (Wildman–Crippen LogP) is 7.74. The highest BCUT2D eigenvalue weighted by Crippen LogP contribution is 2.32. The number of aromatic nitrogens is 2. The van der Waals surface area contributed by atoms with Crippen LogP contribution in [0.25, 0.3) is 21.7 Å². The molecule has 0 spiro atoms. The number of anilines is 1. The molecule has 6 nitrogen and oxygen atoms in total. The quantitative estimate of drug-likeness (QED) is 0.189. The van der Waals surface area contributed by atoms with E-state index in [-0.39, 0.29) is 11.9 Å². The second-order valence-corrected chi connectivity index (χ2v) is 10.6. The smallest absolute Gasteiger partial charge is 0.274 e. The summed E-state index contributed by atoms with van der Waals surface area (Å²) in [5, 5.41) is 11.4. The van der Waals surface area contributed by atoms with Crippen LogP contribution in [0.5, 0.6) is 0 Å². The van der Waals surface area contributed by atoms with Crippen LogP contribution >= 0.6 is 0 Å². The second-order valence-electron chi connectivity index (χ2n) is 10.6. The van der Waals surface area contributed by atoms with E-state index in [0.717, 1.165) is 23.7 Å². The van der Waals surface area contributed by atoms with Crippen LogP contribution in [0.4, 0.5) is 11.4 Å². The Labute approximate surface area is 240 Å². The van der Waals surface area contributed by atoms with Crippen LogP contribution in [0.15, 0.2) is 109 Å². The molecule has 202 valence electrons. The van der Waals surface area contributed by atoms with Crippen LogP contribution in [0, 0.1) is 19.4 Å². The largest absolute Gasteiger partial charge is 0.321 e. The minimum absolute atomic E-state index is 0.00131. The van der Waals surface area contributed by atoms with Crippen molar-refractivity contribution in [1.82, 2.24) is 15.1 Å². The molecule has 1 atom stereocenters. The molecular formula is C35H31N5O. The van der Waals surface area contributed by atoms with Crippen LogP contribution in [-0.4, -0.2) is 22.2 Å². The van der Waals surface area contributed by atoms with Gasteiger partial charge in [-0.1, -0.05) is 78.9 Å². The molecule has 1 heterocycles. The molecule has 6 rings (SSSR count). The van der Waals surface area contributed by atoms with Crippen molar-refractivity contribution < 1.29 is 4.79 Å². The highest BCUT2D eigenvalue weighted by molar-refractivity contribution is 6.03. The lowest BCUT2D eigenvalue weighted by Gasteiger charge is -2.21. The summed E-state index contributed by atoms with van der Waals surface area (Å²) in [6, 6.07) is 36.0. The third-order valence-electron chi connectivity index (χ3n) is 7.40. The van der Waals surface area contributed by atoms with Gasteiger partial charge in [0.05, 0.1) is 24.0 Å². The number of benzene rings is 4. The third-order valence-corrected chi connectivity index (χ3v) is 7.40. The summed E-state index contributed by atoms with van der Waals surface area (Å²) in [4.78, 5) is 17.0. The van der Waals surface area contributed by atoms with Crippen molar-refractivity contribution in [2.24, 2.45) is 5.92 Å². The Hall–Kier alpha value is -4.99. The average molecular weight is 538 g/mol. The van der Waals surface area contributed by atoms with Crippen molar-refractivity contribution in [2.75, 3.05) is 11.9 Å². The molecule has 1 saturated carbocycles. The third kappa shape index (κ3) is 6.11. The van der Waals surface area contributed by atoms with Gasteiger partial charge in [0.1, 0.15) is 5.69 Å². The Bertz CT molecular complexity index is 1710. The Morgan fingerprint density at radius 2 is 1.66 bits per heavy atom. The summed E-state index contributed by atoms with van der Waals surface area (Å²) in [5.74, 6) is 0.472. The van der Waals surface area contributed by atoms with Gasteiger partial charge in [0.2, 0.25) is 0 Å². The minimum atomic E-state index is -0.259. The molecule has 1 aromatic heterocycles. The molecule has 0 radical (unpaired) electrons. The topological polar surface area (TPSA) is 63.3 Å². The van der Waals surface area contributed by atoms with Crippen LogP contribution < -0.4 is 10.6 Å². The Morgan fingerprint density at radius 1 is 0.902 bits per heavy atom. The molecule has 41 heavy (non-hydrogen) atoms. The molecule has 0 saturated heterocycles. The molecule has 1 aliphatic rings. The van der Waals surface area contributed by atoms with Gasteiger partial charge < -0.3 is 10.6 Å². The van der Waals surface area contributed by atoms with Gasteiger partial charge >= 0.3 is 0 Å². The van der Waals surface area contributed by atoms with E-state index in [1.54, 1.807) is 28.9 Å². The Kier molecular flexibility index (Phi) is 7.44. The summed E-state index contributed by atoms with van der Waals surface area (Å²) >= 11 is 0. The fraction of sp³-hybridized carbons (Fsp3) is 0.171. The van der Waals surface area contributed by atoms with E-state index in [0.29, 0.717) is 22.8 Å². The summed E-state index contributed by atoms with van der Waals surface area (Å²) < 4.78 is 1.59. The van der Waals surface area contributed by atoms with Crippen molar-refractivity contribution in [2.45, 2.75) is 25.8 Å². The monoisotopic (exact) mass is 537 g/mol. The maximum Gasteiger partial charge on any atom is 0.274 e. The zero-order valence-electron chi connectivity index (χ0n) is 22.9. The molecule has 0 bridgehead atoms. The SMILES string of the molecule is [C-]#[N+]c1cccc(-n2nc(C)cc2C(=O)Nc2cccc(C(NCC3CC3)c3ccc(-c4ccccc4)cc3)c2)c1. The van der Waals surface area contributed by atoms with E-state index >= 15 is 0 Å². The van der Waals surface area contributed by atoms with Crippen molar-refractivity contribution in [1.29, 1.82) is 0 Å². The standard InChI is InChI=1S/C35H31N5O/c1-24-20-33(40(39-24)32-13-7-11-30(22-32)36-2)35(41)38-31-12-6-10-29(21-31)34(37-23-25-14-15-25)28-18-16-27(17-19-28)26-8-4-3-5-9-26/h3-13,16-22,25,34,37H,14-15,23H2,1H3,(H,38,41). The summed E-state index contributed by atoms with van der Waals surface area (Å²) in [6.07, 6.45) is 2.54. The first-order valence-corrected chi connectivity index (χ1v) is 13.9.